The molecule has 0 aliphatic rings. The number of benzene rings is 1. The summed E-state index contributed by atoms with van der Waals surface area (Å²) in [4.78, 5) is 4.14. The summed E-state index contributed by atoms with van der Waals surface area (Å²) in [5.74, 6) is 0.263. The molecule has 0 bridgehead atoms. The van der Waals surface area contributed by atoms with Gasteiger partial charge in [0.25, 0.3) is 0 Å². The lowest BCUT2D eigenvalue weighted by Gasteiger charge is -2.10. The molecule has 1 aromatic heterocycles. The van der Waals surface area contributed by atoms with Gasteiger partial charge in [-0.05, 0) is 43.4 Å². The van der Waals surface area contributed by atoms with Gasteiger partial charge in [0.2, 0.25) is 10.0 Å². The van der Waals surface area contributed by atoms with Crippen LogP contribution in [0.3, 0.4) is 0 Å². The molecule has 0 aliphatic heterocycles. The minimum absolute atomic E-state index is 0.0902. The molecule has 0 saturated heterocycles. The Bertz CT molecular complexity index is 672. The van der Waals surface area contributed by atoms with Gasteiger partial charge in [0.05, 0.1) is 0 Å². The maximum Gasteiger partial charge on any atom is 0.243 e. The second-order valence-electron chi connectivity index (χ2n) is 3.69. The van der Waals surface area contributed by atoms with Crippen LogP contribution in [0.4, 0.5) is 11.5 Å². The molecule has 19 heavy (non-hydrogen) atoms. The average Bonchev–Trinajstić information content (AvgIpc) is 2.42. The predicted octanol–water partition coefficient (Wildman–Crippen LogP) is 2.39. The summed E-state index contributed by atoms with van der Waals surface area (Å²) in [6.45, 7) is 0. The number of nitrogens with one attached hydrogen (secondary N) is 2. The van der Waals surface area contributed by atoms with Gasteiger partial charge in [-0.15, -0.1) is 0 Å². The van der Waals surface area contributed by atoms with Crippen molar-refractivity contribution in [3.05, 3.63) is 47.6 Å². The van der Waals surface area contributed by atoms with Gasteiger partial charge in [0.1, 0.15) is 4.90 Å². The third-order valence-corrected chi connectivity index (χ3v) is 4.13. The number of hydrogen-bond acceptors (Lipinski definition) is 4. The van der Waals surface area contributed by atoms with Gasteiger partial charge in [-0.1, -0.05) is 11.6 Å². The molecule has 0 aliphatic carbocycles. The van der Waals surface area contributed by atoms with E-state index in [-0.39, 0.29) is 10.7 Å². The molecular formula is C12H12ClN3O2S. The topological polar surface area (TPSA) is 71.1 Å². The van der Waals surface area contributed by atoms with Crippen LogP contribution < -0.4 is 10.0 Å². The first-order valence-corrected chi connectivity index (χ1v) is 7.30. The largest absolute Gasteiger partial charge is 0.339 e. The van der Waals surface area contributed by atoms with Gasteiger partial charge in [0.15, 0.2) is 5.82 Å². The summed E-state index contributed by atoms with van der Waals surface area (Å²) < 4.78 is 26.0. The van der Waals surface area contributed by atoms with Gasteiger partial charge >= 0.3 is 0 Å². The number of sulfonamides is 1. The van der Waals surface area contributed by atoms with E-state index in [2.05, 4.69) is 15.0 Å². The summed E-state index contributed by atoms with van der Waals surface area (Å²) >= 11 is 5.79. The smallest absolute Gasteiger partial charge is 0.243 e. The van der Waals surface area contributed by atoms with Gasteiger partial charge in [-0.2, -0.15) is 0 Å². The summed E-state index contributed by atoms with van der Waals surface area (Å²) in [7, 11) is -2.20. The van der Waals surface area contributed by atoms with E-state index >= 15 is 0 Å². The molecule has 2 rings (SSSR count). The number of halogens is 1. The number of aromatic nitrogens is 1. The Balaban J connectivity index is 2.38. The van der Waals surface area contributed by atoms with Gasteiger partial charge in [0, 0.05) is 16.9 Å². The molecule has 0 spiro atoms. The lowest BCUT2D eigenvalue weighted by molar-refractivity contribution is 0.588. The highest BCUT2D eigenvalue weighted by molar-refractivity contribution is 7.89. The Labute approximate surface area is 116 Å². The van der Waals surface area contributed by atoms with Crippen molar-refractivity contribution < 1.29 is 8.42 Å². The third-order valence-electron chi connectivity index (χ3n) is 2.44. The molecule has 2 aromatic rings. The van der Waals surface area contributed by atoms with Gasteiger partial charge in [-0.25, -0.2) is 18.1 Å². The molecule has 5 nitrogen and oxygen atoms in total. The van der Waals surface area contributed by atoms with Crippen LogP contribution in [0.1, 0.15) is 0 Å². The molecule has 0 amide bonds. The maximum absolute atomic E-state index is 11.9. The summed E-state index contributed by atoms with van der Waals surface area (Å²) in [5.41, 5.74) is 0.704. The minimum atomic E-state index is -3.56. The molecule has 0 saturated carbocycles. The highest BCUT2D eigenvalue weighted by Crippen LogP contribution is 2.23. The molecule has 0 fully saturated rings. The van der Waals surface area contributed by atoms with Crippen LogP contribution in [0.15, 0.2) is 47.5 Å². The van der Waals surface area contributed by atoms with Gasteiger partial charge < -0.3 is 5.32 Å². The predicted molar refractivity (Wildman–Crippen MR) is 75.2 cm³/mol. The van der Waals surface area contributed by atoms with Crippen LogP contribution in [0.25, 0.3) is 0 Å². The first-order chi connectivity index (χ1) is 9.03. The van der Waals surface area contributed by atoms with Crippen molar-refractivity contribution >= 4 is 33.1 Å². The van der Waals surface area contributed by atoms with E-state index in [4.69, 9.17) is 11.6 Å². The lowest BCUT2D eigenvalue weighted by Crippen LogP contribution is -2.20. The minimum Gasteiger partial charge on any atom is -0.339 e. The van der Waals surface area contributed by atoms with Crippen molar-refractivity contribution in [2.45, 2.75) is 4.90 Å². The molecule has 0 radical (unpaired) electrons. The third kappa shape index (κ3) is 3.23. The van der Waals surface area contributed by atoms with Crippen LogP contribution in [0.2, 0.25) is 5.02 Å². The van der Waals surface area contributed by atoms with Crippen LogP contribution in [0.5, 0.6) is 0 Å². The summed E-state index contributed by atoms with van der Waals surface area (Å²) in [5, 5.41) is 3.56. The molecule has 1 heterocycles. The maximum atomic E-state index is 11.9. The highest BCUT2D eigenvalue weighted by Gasteiger charge is 2.17. The normalized spacial score (nSPS) is 11.3. The average molecular weight is 298 g/mol. The first kappa shape index (κ1) is 13.8. The lowest BCUT2D eigenvalue weighted by atomic mass is 10.3. The fourth-order valence-corrected chi connectivity index (χ4v) is 2.44. The second kappa shape index (κ2) is 5.56. The number of anilines is 2. The SMILES string of the molecule is CNS(=O)(=O)c1cccnc1Nc1ccc(Cl)cc1. The van der Waals surface area contributed by atoms with E-state index in [0.29, 0.717) is 10.7 Å². The molecule has 0 unspecified atom stereocenters. The Morgan fingerprint density at radius 3 is 2.47 bits per heavy atom. The van der Waals surface area contributed by atoms with Crippen molar-refractivity contribution in [1.29, 1.82) is 0 Å². The quantitative estimate of drug-likeness (QED) is 0.909. The molecule has 7 heteroatoms. The van der Waals surface area contributed by atoms with E-state index < -0.39 is 10.0 Å². The second-order valence-corrected chi connectivity index (χ2v) is 5.98. The monoisotopic (exact) mass is 297 g/mol. The zero-order valence-corrected chi connectivity index (χ0v) is 11.7. The molecule has 100 valence electrons. The van der Waals surface area contributed by atoms with Crippen LogP contribution >= 0.6 is 11.6 Å². The molecular weight excluding hydrogens is 286 g/mol. The summed E-state index contributed by atoms with van der Waals surface area (Å²) in [6, 6.07) is 9.95. The Hall–Kier alpha value is -1.63. The zero-order valence-electron chi connectivity index (χ0n) is 10.1. The fourth-order valence-electron chi connectivity index (χ4n) is 1.48. The Morgan fingerprint density at radius 2 is 1.84 bits per heavy atom. The highest BCUT2D eigenvalue weighted by atomic mass is 35.5. The van der Waals surface area contributed by atoms with E-state index in [9.17, 15) is 8.42 Å². The van der Waals surface area contributed by atoms with E-state index in [1.54, 1.807) is 30.3 Å². The van der Waals surface area contributed by atoms with Crippen molar-refractivity contribution in [2.24, 2.45) is 0 Å². The number of pyridine rings is 1. The van der Waals surface area contributed by atoms with E-state index in [1.165, 1.54) is 19.3 Å². The molecule has 0 atom stereocenters. The Kier molecular flexibility index (Phi) is 4.04. The Morgan fingerprint density at radius 1 is 1.16 bits per heavy atom. The standard InChI is InChI=1S/C12H12ClN3O2S/c1-14-19(17,18)11-3-2-8-15-12(11)16-10-6-4-9(13)5-7-10/h2-8,14H,1H3,(H,15,16). The van der Waals surface area contributed by atoms with Gasteiger partial charge in [-0.3, -0.25) is 0 Å². The first-order valence-electron chi connectivity index (χ1n) is 5.44. The molecule has 2 N–H and O–H groups in total. The van der Waals surface area contributed by atoms with Crippen LogP contribution in [0, 0.1) is 0 Å². The van der Waals surface area contributed by atoms with Crippen molar-refractivity contribution in [1.82, 2.24) is 9.71 Å². The van der Waals surface area contributed by atoms with Crippen LogP contribution in [-0.2, 0) is 10.0 Å². The zero-order chi connectivity index (χ0) is 13.9. The van der Waals surface area contributed by atoms with Crippen LogP contribution in [-0.4, -0.2) is 20.4 Å². The van der Waals surface area contributed by atoms with Crippen molar-refractivity contribution in [2.75, 3.05) is 12.4 Å². The van der Waals surface area contributed by atoms with E-state index in [1.807, 2.05) is 0 Å². The van der Waals surface area contributed by atoms with Crippen molar-refractivity contribution in [3.8, 4) is 0 Å². The fraction of sp³-hybridized carbons (Fsp3) is 0.0833. The van der Waals surface area contributed by atoms with Crippen molar-refractivity contribution in [3.63, 3.8) is 0 Å². The van der Waals surface area contributed by atoms with E-state index in [0.717, 1.165) is 0 Å². The summed E-state index contributed by atoms with van der Waals surface area (Å²) in [6.07, 6.45) is 1.52. The number of hydrogen-bond donors (Lipinski definition) is 2. The number of rotatable bonds is 4. The molecule has 1 aromatic carbocycles. The number of nitrogens with zero attached hydrogens (tertiary/aromatic N) is 1.